The van der Waals surface area contributed by atoms with E-state index >= 15 is 0 Å². The summed E-state index contributed by atoms with van der Waals surface area (Å²) >= 11 is 0. The fraction of sp³-hybridized carbons (Fsp3) is 0.400. The van der Waals surface area contributed by atoms with Crippen LogP contribution in [0.5, 0.6) is 0 Å². The summed E-state index contributed by atoms with van der Waals surface area (Å²) in [5, 5.41) is 0. The number of halogens is 5. The predicted octanol–water partition coefficient (Wildman–Crippen LogP) is 3.87. The lowest BCUT2D eigenvalue weighted by Crippen LogP contribution is -2.42. The van der Waals surface area contributed by atoms with Gasteiger partial charge in [0.2, 0.25) is 5.91 Å². The van der Waals surface area contributed by atoms with Crippen LogP contribution in [0.25, 0.3) is 11.1 Å². The third kappa shape index (κ3) is 5.52. The van der Waals surface area contributed by atoms with E-state index in [1.54, 1.807) is 11.5 Å². The summed E-state index contributed by atoms with van der Waals surface area (Å²) in [6, 6.07) is 4.25. The highest BCUT2D eigenvalue weighted by atomic mass is 19.4. The number of likely N-dealkylation sites (tertiary alicyclic amines) is 1. The second-order valence-electron chi connectivity index (χ2n) is 9.20. The number of pyridine rings is 1. The van der Waals surface area contributed by atoms with Crippen molar-refractivity contribution < 1.29 is 26.7 Å². The molecule has 0 saturated carbocycles. The average Bonchev–Trinajstić information content (AvgIpc) is 3.08. The van der Waals surface area contributed by atoms with E-state index in [4.69, 9.17) is 0 Å². The zero-order valence-electron chi connectivity index (χ0n) is 20.2. The van der Waals surface area contributed by atoms with Gasteiger partial charge in [0.25, 0.3) is 5.56 Å². The van der Waals surface area contributed by atoms with Gasteiger partial charge in [0, 0.05) is 53.4 Å². The van der Waals surface area contributed by atoms with Crippen LogP contribution in [0.4, 0.5) is 22.0 Å². The second kappa shape index (κ2) is 9.98. The standard InChI is InChI=1S/C25H25F5N4O3/c1-14-15(2)34(24(37)31-14)18-6-8-32(9-7-18)21(35)11-16-10-17(19-4-3-5-20(26)22(19)27)12-33(23(16)36)13-25(28,29)30/h3-5,10,12,18H,6-9,11,13H2,1-2H3,(H,31,37). The number of piperidine rings is 1. The van der Waals surface area contributed by atoms with Crippen LogP contribution in [0.15, 0.2) is 40.1 Å². The number of H-pyrrole nitrogens is 1. The predicted molar refractivity (Wildman–Crippen MR) is 125 cm³/mol. The number of alkyl halides is 3. The molecule has 1 aromatic carbocycles. The van der Waals surface area contributed by atoms with Gasteiger partial charge in [-0.15, -0.1) is 0 Å². The van der Waals surface area contributed by atoms with Crippen molar-refractivity contribution in [3.05, 3.63) is 79.9 Å². The minimum atomic E-state index is -4.75. The van der Waals surface area contributed by atoms with Gasteiger partial charge in [-0.2, -0.15) is 13.2 Å². The maximum atomic E-state index is 14.4. The first kappa shape index (κ1) is 26.4. The number of carbonyl (C=O) groups excluding carboxylic acids is 1. The molecule has 0 unspecified atom stereocenters. The van der Waals surface area contributed by atoms with E-state index < -0.39 is 42.2 Å². The van der Waals surface area contributed by atoms with E-state index in [9.17, 15) is 36.3 Å². The van der Waals surface area contributed by atoms with Gasteiger partial charge in [-0.05, 0) is 38.8 Å². The Bertz CT molecular complexity index is 1450. The minimum Gasteiger partial charge on any atom is -0.342 e. The van der Waals surface area contributed by atoms with Crippen molar-refractivity contribution >= 4 is 5.91 Å². The third-order valence-electron chi connectivity index (χ3n) is 6.71. The number of hydrogen-bond acceptors (Lipinski definition) is 3. The fourth-order valence-electron chi connectivity index (χ4n) is 4.74. The zero-order valence-corrected chi connectivity index (χ0v) is 20.2. The first-order chi connectivity index (χ1) is 17.4. The molecule has 0 radical (unpaired) electrons. The van der Waals surface area contributed by atoms with Gasteiger partial charge in [-0.3, -0.25) is 14.2 Å². The molecule has 7 nitrogen and oxygen atoms in total. The number of benzene rings is 1. The maximum Gasteiger partial charge on any atom is 0.406 e. The molecule has 2 aromatic heterocycles. The zero-order chi connectivity index (χ0) is 27.1. The van der Waals surface area contributed by atoms with Gasteiger partial charge in [-0.25, -0.2) is 13.6 Å². The van der Waals surface area contributed by atoms with Crippen LogP contribution in [-0.4, -0.2) is 44.2 Å². The molecule has 0 aliphatic carbocycles. The number of nitrogens with one attached hydrogen (secondary N) is 1. The van der Waals surface area contributed by atoms with Crippen molar-refractivity contribution in [2.75, 3.05) is 13.1 Å². The first-order valence-corrected chi connectivity index (χ1v) is 11.7. The van der Waals surface area contributed by atoms with Crippen LogP contribution in [0, 0.1) is 25.5 Å². The Labute approximate surface area is 208 Å². The number of aryl methyl sites for hydroxylation is 1. The molecule has 37 heavy (non-hydrogen) atoms. The van der Waals surface area contributed by atoms with Crippen LogP contribution < -0.4 is 11.2 Å². The number of aromatic nitrogens is 3. The smallest absolute Gasteiger partial charge is 0.342 e. The van der Waals surface area contributed by atoms with Gasteiger partial charge in [0.15, 0.2) is 11.6 Å². The largest absolute Gasteiger partial charge is 0.406 e. The number of rotatable bonds is 5. The Kier molecular flexibility index (Phi) is 7.11. The molecular weight excluding hydrogens is 499 g/mol. The third-order valence-corrected chi connectivity index (χ3v) is 6.71. The van der Waals surface area contributed by atoms with Gasteiger partial charge in [-0.1, -0.05) is 12.1 Å². The molecule has 12 heteroatoms. The van der Waals surface area contributed by atoms with Crippen molar-refractivity contribution in [1.29, 1.82) is 0 Å². The van der Waals surface area contributed by atoms with E-state index in [0.29, 0.717) is 17.4 Å². The average molecular weight is 524 g/mol. The highest BCUT2D eigenvalue weighted by Gasteiger charge is 2.30. The van der Waals surface area contributed by atoms with Crippen LogP contribution in [-0.2, 0) is 17.8 Å². The molecule has 0 atom stereocenters. The van der Waals surface area contributed by atoms with Crippen LogP contribution in [0.2, 0.25) is 0 Å². The first-order valence-electron chi connectivity index (χ1n) is 11.7. The maximum absolute atomic E-state index is 14.4. The molecule has 0 spiro atoms. The molecule has 1 amide bonds. The summed E-state index contributed by atoms with van der Waals surface area (Å²) in [6.07, 6.45) is -3.48. The Balaban J connectivity index is 1.59. The van der Waals surface area contributed by atoms with E-state index in [2.05, 4.69) is 4.98 Å². The Morgan fingerprint density at radius 2 is 1.78 bits per heavy atom. The van der Waals surface area contributed by atoms with Crippen molar-refractivity contribution in [2.45, 2.75) is 51.9 Å². The van der Waals surface area contributed by atoms with Gasteiger partial charge < -0.3 is 14.5 Å². The van der Waals surface area contributed by atoms with Gasteiger partial charge in [0.1, 0.15) is 6.54 Å². The molecule has 1 saturated heterocycles. The molecule has 3 aromatic rings. The van der Waals surface area contributed by atoms with Crippen molar-refractivity contribution in [3.8, 4) is 11.1 Å². The molecule has 1 aliphatic heterocycles. The van der Waals surface area contributed by atoms with E-state index in [1.165, 1.54) is 17.0 Å². The lowest BCUT2D eigenvalue weighted by Gasteiger charge is -2.33. The molecular formula is C25H25F5N4O3. The molecule has 1 N–H and O–H groups in total. The van der Waals surface area contributed by atoms with Crippen LogP contribution >= 0.6 is 0 Å². The monoisotopic (exact) mass is 524 g/mol. The SMILES string of the molecule is Cc1[nH]c(=O)n(C2CCN(C(=O)Cc3cc(-c4cccc(F)c4F)cn(CC(F)(F)F)c3=O)CC2)c1C. The number of hydrogen-bond donors (Lipinski definition) is 1. The molecule has 198 valence electrons. The highest BCUT2D eigenvalue weighted by molar-refractivity contribution is 5.79. The highest BCUT2D eigenvalue weighted by Crippen LogP contribution is 2.27. The summed E-state index contributed by atoms with van der Waals surface area (Å²) < 4.78 is 69.5. The Hall–Kier alpha value is -3.70. The summed E-state index contributed by atoms with van der Waals surface area (Å²) in [4.78, 5) is 42.3. The quantitative estimate of drug-likeness (QED) is 0.515. The molecule has 4 rings (SSSR count). The van der Waals surface area contributed by atoms with Gasteiger partial charge >= 0.3 is 11.9 Å². The van der Waals surface area contributed by atoms with Crippen LogP contribution in [0.1, 0.15) is 35.8 Å². The normalized spacial score (nSPS) is 14.8. The minimum absolute atomic E-state index is 0.121. The fourth-order valence-corrected chi connectivity index (χ4v) is 4.74. The van der Waals surface area contributed by atoms with Crippen LogP contribution in [0.3, 0.4) is 0 Å². The molecule has 1 fully saturated rings. The molecule has 1 aliphatic rings. The summed E-state index contributed by atoms with van der Waals surface area (Å²) in [6.45, 7) is 2.54. The number of imidazole rings is 1. The number of nitrogens with zero attached hydrogens (tertiary/aromatic N) is 3. The van der Waals surface area contributed by atoms with Gasteiger partial charge in [0.05, 0.1) is 6.42 Å². The van der Waals surface area contributed by atoms with E-state index in [-0.39, 0.29) is 41.5 Å². The molecule has 3 heterocycles. The van der Waals surface area contributed by atoms with Crippen molar-refractivity contribution in [2.24, 2.45) is 0 Å². The summed E-state index contributed by atoms with van der Waals surface area (Å²) in [5.41, 5.74) is -0.439. The van der Waals surface area contributed by atoms with Crippen molar-refractivity contribution in [1.82, 2.24) is 19.0 Å². The number of aromatic amines is 1. The summed E-state index contributed by atoms with van der Waals surface area (Å²) in [7, 11) is 0. The lowest BCUT2D eigenvalue weighted by molar-refractivity contribution is -0.141. The van der Waals surface area contributed by atoms with E-state index in [1.807, 2.05) is 6.92 Å². The lowest BCUT2D eigenvalue weighted by atomic mass is 10.0. The van der Waals surface area contributed by atoms with E-state index in [0.717, 1.165) is 29.7 Å². The number of amides is 1. The second-order valence-corrected chi connectivity index (χ2v) is 9.20. The Morgan fingerprint density at radius 3 is 2.38 bits per heavy atom. The molecule has 0 bridgehead atoms. The topological polar surface area (TPSA) is 80.1 Å². The van der Waals surface area contributed by atoms with Crippen molar-refractivity contribution in [3.63, 3.8) is 0 Å². The summed E-state index contributed by atoms with van der Waals surface area (Å²) in [5.74, 6) is -2.96. The number of carbonyl (C=O) groups is 1. The Morgan fingerprint density at radius 1 is 1.11 bits per heavy atom.